The van der Waals surface area contributed by atoms with Crippen LogP contribution in [0.15, 0.2) is 30.9 Å². The van der Waals surface area contributed by atoms with Crippen LogP contribution >= 0.6 is 0 Å². The van der Waals surface area contributed by atoms with Crippen molar-refractivity contribution in [3.05, 3.63) is 36.7 Å². The van der Waals surface area contributed by atoms with Gasteiger partial charge in [0.25, 0.3) is 0 Å². The summed E-state index contributed by atoms with van der Waals surface area (Å²) in [4.78, 5) is 8.83. The zero-order valence-electron chi connectivity index (χ0n) is 10.2. The summed E-state index contributed by atoms with van der Waals surface area (Å²) in [6.07, 6.45) is 7.87. The maximum absolute atomic E-state index is 4.42. The molecule has 0 saturated carbocycles. The lowest BCUT2D eigenvalue weighted by Crippen LogP contribution is -2.15. The SMILES string of the molecule is Cn1ccc(-c2cnc(C(C)(C)C)nc2)c1. The van der Waals surface area contributed by atoms with Gasteiger partial charge in [0.1, 0.15) is 5.82 Å². The maximum Gasteiger partial charge on any atom is 0.133 e. The number of aryl methyl sites for hydroxylation is 1. The van der Waals surface area contributed by atoms with E-state index >= 15 is 0 Å². The lowest BCUT2D eigenvalue weighted by atomic mass is 9.95. The van der Waals surface area contributed by atoms with Crippen molar-refractivity contribution in [2.24, 2.45) is 7.05 Å². The Morgan fingerprint density at radius 1 is 1.06 bits per heavy atom. The van der Waals surface area contributed by atoms with E-state index in [4.69, 9.17) is 0 Å². The van der Waals surface area contributed by atoms with Crippen molar-refractivity contribution in [2.45, 2.75) is 26.2 Å². The third-order valence-corrected chi connectivity index (χ3v) is 2.49. The van der Waals surface area contributed by atoms with Gasteiger partial charge in [0, 0.05) is 48.4 Å². The lowest BCUT2D eigenvalue weighted by Gasteiger charge is -2.15. The van der Waals surface area contributed by atoms with Gasteiger partial charge in [0.15, 0.2) is 0 Å². The first-order valence-corrected chi connectivity index (χ1v) is 5.42. The lowest BCUT2D eigenvalue weighted by molar-refractivity contribution is 0.545. The summed E-state index contributed by atoms with van der Waals surface area (Å²) in [5.41, 5.74) is 2.23. The number of aromatic nitrogens is 3. The molecule has 0 bridgehead atoms. The van der Waals surface area contributed by atoms with Crippen molar-refractivity contribution >= 4 is 0 Å². The predicted molar refractivity (Wildman–Crippen MR) is 65.1 cm³/mol. The van der Waals surface area contributed by atoms with Crippen LogP contribution in [0.3, 0.4) is 0 Å². The molecule has 3 nitrogen and oxygen atoms in total. The van der Waals surface area contributed by atoms with Gasteiger partial charge < -0.3 is 4.57 Å². The molecular formula is C13H17N3. The van der Waals surface area contributed by atoms with E-state index in [1.807, 2.05) is 30.2 Å². The molecule has 2 aromatic heterocycles. The molecule has 3 heteroatoms. The molecule has 2 rings (SSSR count). The molecule has 2 aromatic rings. The van der Waals surface area contributed by atoms with E-state index in [2.05, 4.69) is 43.0 Å². The number of rotatable bonds is 1. The van der Waals surface area contributed by atoms with Gasteiger partial charge in [-0.2, -0.15) is 0 Å². The third kappa shape index (κ3) is 2.13. The first-order valence-electron chi connectivity index (χ1n) is 5.42. The number of hydrogen-bond acceptors (Lipinski definition) is 2. The fraction of sp³-hybridized carbons (Fsp3) is 0.385. The smallest absolute Gasteiger partial charge is 0.133 e. The van der Waals surface area contributed by atoms with Crippen molar-refractivity contribution in [1.29, 1.82) is 0 Å². The van der Waals surface area contributed by atoms with Crippen LogP contribution in [0.1, 0.15) is 26.6 Å². The van der Waals surface area contributed by atoms with Crippen molar-refractivity contribution in [2.75, 3.05) is 0 Å². The molecule has 0 fully saturated rings. The third-order valence-electron chi connectivity index (χ3n) is 2.49. The Labute approximate surface area is 96.2 Å². The Morgan fingerprint density at radius 2 is 1.69 bits per heavy atom. The van der Waals surface area contributed by atoms with E-state index in [0.29, 0.717) is 0 Å². The van der Waals surface area contributed by atoms with E-state index in [1.165, 1.54) is 0 Å². The van der Waals surface area contributed by atoms with E-state index in [9.17, 15) is 0 Å². The van der Waals surface area contributed by atoms with Gasteiger partial charge in [-0.1, -0.05) is 20.8 Å². The molecule has 84 valence electrons. The molecule has 0 amide bonds. The summed E-state index contributed by atoms with van der Waals surface area (Å²) in [6, 6.07) is 2.06. The second-order valence-corrected chi connectivity index (χ2v) is 5.11. The maximum atomic E-state index is 4.42. The quantitative estimate of drug-likeness (QED) is 0.732. The fourth-order valence-electron chi connectivity index (χ4n) is 1.54. The summed E-state index contributed by atoms with van der Waals surface area (Å²) < 4.78 is 2.02. The highest BCUT2D eigenvalue weighted by Crippen LogP contribution is 2.21. The topological polar surface area (TPSA) is 30.7 Å². The van der Waals surface area contributed by atoms with Crippen LogP contribution < -0.4 is 0 Å². The minimum absolute atomic E-state index is 0.00914. The van der Waals surface area contributed by atoms with Crippen LogP contribution in [0, 0.1) is 0 Å². The molecule has 0 atom stereocenters. The summed E-state index contributed by atoms with van der Waals surface area (Å²) in [5.74, 6) is 0.882. The molecular weight excluding hydrogens is 198 g/mol. The van der Waals surface area contributed by atoms with E-state index in [0.717, 1.165) is 17.0 Å². The number of hydrogen-bond donors (Lipinski definition) is 0. The van der Waals surface area contributed by atoms with Crippen LogP contribution in [-0.2, 0) is 12.5 Å². The standard InChI is InChI=1S/C13H17N3/c1-13(2,3)12-14-7-11(8-15-12)10-5-6-16(4)9-10/h5-9H,1-4H3. The molecule has 0 unspecified atom stereocenters. The molecule has 0 aliphatic heterocycles. The largest absolute Gasteiger partial charge is 0.357 e. The second-order valence-electron chi connectivity index (χ2n) is 5.11. The molecule has 0 saturated heterocycles. The average molecular weight is 215 g/mol. The highest BCUT2D eigenvalue weighted by Gasteiger charge is 2.16. The molecule has 2 heterocycles. The normalized spacial score (nSPS) is 11.8. The zero-order valence-corrected chi connectivity index (χ0v) is 10.2. The highest BCUT2D eigenvalue weighted by molar-refractivity contribution is 5.60. The predicted octanol–water partition coefficient (Wildman–Crippen LogP) is 2.78. The Balaban J connectivity index is 2.33. The van der Waals surface area contributed by atoms with Crippen LogP contribution in [0.4, 0.5) is 0 Å². The summed E-state index contributed by atoms with van der Waals surface area (Å²) in [5, 5.41) is 0. The highest BCUT2D eigenvalue weighted by atomic mass is 14.9. The van der Waals surface area contributed by atoms with Crippen molar-refractivity contribution in [1.82, 2.24) is 14.5 Å². The zero-order chi connectivity index (χ0) is 11.8. The van der Waals surface area contributed by atoms with Crippen LogP contribution in [0.25, 0.3) is 11.1 Å². The number of nitrogens with zero attached hydrogens (tertiary/aromatic N) is 3. The monoisotopic (exact) mass is 215 g/mol. The van der Waals surface area contributed by atoms with Gasteiger partial charge in [-0.05, 0) is 6.07 Å². The van der Waals surface area contributed by atoms with Gasteiger partial charge in [-0.15, -0.1) is 0 Å². The Bertz CT molecular complexity index is 475. The second kappa shape index (κ2) is 3.74. The molecule has 0 aliphatic rings. The minimum atomic E-state index is 0.00914. The van der Waals surface area contributed by atoms with Crippen molar-refractivity contribution < 1.29 is 0 Å². The molecule has 16 heavy (non-hydrogen) atoms. The Hall–Kier alpha value is -1.64. The molecule has 0 spiro atoms. The molecule has 0 aromatic carbocycles. The van der Waals surface area contributed by atoms with Crippen molar-refractivity contribution in [3.63, 3.8) is 0 Å². The first-order chi connectivity index (χ1) is 7.47. The van der Waals surface area contributed by atoms with E-state index in [1.54, 1.807) is 0 Å². The average Bonchev–Trinajstić information content (AvgIpc) is 2.64. The Morgan fingerprint density at radius 3 is 2.12 bits per heavy atom. The van der Waals surface area contributed by atoms with E-state index in [-0.39, 0.29) is 5.41 Å². The molecule has 0 radical (unpaired) electrons. The molecule has 0 aliphatic carbocycles. The van der Waals surface area contributed by atoms with Crippen LogP contribution in [0.2, 0.25) is 0 Å². The first kappa shape index (κ1) is 10.9. The Kier molecular flexibility index (Phi) is 2.54. The van der Waals surface area contributed by atoms with Gasteiger partial charge >= 0.3 is 0 Å². The van der Waals surface area contributed by atoms with Gasteiger partial charge in [-0.25, -0.2) is 9.97 Å². The minimum Gasteiger partial charge on any atom is -0.357 e. The molecule has 0 N–H and O–H groups in total. The van der Waals surface area contributed by atoms with Crippen LogP contribution in [-0.4, -0.2) is 14.5 Å². The van der Waals surface area contributed by atoms with Gasteiger partial charge in [-0.3, -0.25) is 0 Å². The summed E-state index contributed by atoms with van der Waals surface area (Å²) in [6.45, 7) is 6.35. The summed E-state index contributed by atoms with van der Waals surface area (Å²) >= 11 is 0. The van der Waals surface area contributed by atoms with Gasteiger partial charge in [0.2, 0.25) is 0 Å². The van der Waals surface area contributed by atoms with Crippen LogP contribution in [0.5, 0.6) is 0 Å². The van der Waals surface area contributed by atoms with E-state index < -0.39 is 0 Å². The van der Waals surface area contributed by atoms with Crippen molar-refractivity contribution in [3.8, 4) is 11.1 Å². The fourth-order valence-corrected chi connectivity index (χ4v) is 1.54. The van der Waals surface area contributed by atoms with Gasteiger partial charge in [0.05, 0.1) is 0 Å². The summed E-state index contributed by atoms with van der Waals surface area (Å²) in [7, 11) is 2.01.